The maximum Gasteiger partial charge on any atom is 0.269 e. The Bertz CT molecular complexity index is 963. The van der Waals surface area contributed by atoms with Crippen molar-refractivity contribution in [3.05, 3.63) is 64.5 Å². The second kappa shape index (κ2) is 8.27. The number of aromatic nitrogens is 2. The monoisotopic (exact) mass is 395 g/mol. The van der Waals surface area contributed by atoms with Crippen molar-refractivity contribution in [2.24, 2.45) is 0 Å². The molecule has 2 aromatic carbocycles. The second-order valence-corrected chi connectivity index (χ2v) is 6.78. The van der Waals surface area contributed by atoms with E-state index >= 15 is 0 Å². The molecular weight excluding hydrogens is 374 g/mol. The quantitative estimate of drug-likeness (QED) is 0.464. The topological polar surface area (TPSA) is 97.8 Å². The molecule has 3 aromatic rings. The highest BCUT2D eigenvalue weighted by Crippen LogP contribution is 2.22. The summed E-state index contributed by atoms with van der Waals surface area (Å²) in [6, 6.07) is 14.2. The molecule has 29 heavy (non-hydrogen) atoms. The molecule has 0 aliphatic carbocycles. The summed E-state index contributed by atoms with van der Waals surface area (Å²) in [6.07, 6.45) is 0. The van der Waals surface area contributed by atoms with E-state index in [9.17, 15) is 10.1 Å². The number of ether oxygens (including phenoxy) is 1. The van der Waals surface area contributed by atoms with Gasteiger partial charge in [0.15, 0.2) is 0 Å². The Morgan fingerprint density at radius 3 is 2.38 bits per heavy atom. The molecule has 4 rings (SSSR count). The number of hydrogen-bond acceptors (Lipinski definition) is 8. The van der Waals surface area contributed by atoms with Gasteiger partial charge < -0.3 is 14.2 Å². The summed E-state index contributed by atoms with van der Waals surface area (Å²) in [4.78, 5) is 19.4. The summed E-state index contributed by atoms with van der Waals surface area (Å²) in [5.74, 6) is 1.93. The highest BCUT2D eigenvalue weighted by Gasteiger charge is 2.20. The van der Waals surface area contributed by atoms with E-state index in [-0.39, 0.29) is 10.6 Å². The van der Waals surface area contributed by atoms with Crippen molar-refractivity contribution in [3.63, 3.8) is 0 Å². The standard InChI is InChI=1S/C20H21N5O4/c1-28-18-8-2-15(3-9-18)20-21-19(29-22-20)14-23-10-12-24(13-11-23)16-4-6-17(7-5-16)25(26)27/h2-9H,10-14H2,1H3. The molecule has 0 atom stereocenters. The van der Waals surface area contributed by atoms with Crippen LogP contribution in [0.3, 0.4) is 0 Å². The van der Waals surface area contributed by atoms with Gasteiger partial charge >= 0.3 is 0 Å². The minimum absolute atomic E-state index is 0.108. The van der Waals surface area contributed by atoms with E-state index < -0.39 is 0 Å². The minimum Gasteiger partial charge on any atom is -0.497 e. The van der Waals surface area contributed by atoms with Crippen LogP contribution in [0.4, 0.5) is 11.4 Å². The summed E-state index contributed by atoms with van der Waals surface area (Å²) < 4.78 is 10.6. The minimum atomic E-state index is -0.383. The molecule has 2 heterocycles. The number of non-ortho nitro benzene ring substituents is 1. The van der Waals surface area contributed by atoms with Crippen LogP contribution < -0.4 is 9.64 Å². The average Bonchev–Trinajstić information content (AvgIpc) is 3.23. The van der Waals surface area contributed by atoms with E-state index in [1.165, 1.54) is 0 Å². The number of nitro groups is 1. The Kier molecular flexibility index (Phi) is 5.39. The van der Waals surface area contributed by atoms with Crippen LogP contribution in [0.1, 0.15) is 5.89 Å². The molecule has 9 heteroatoms. The number of hydrogen-bond donors (Lipinski definition) is 0. The molecule has 0 unspecified atom stereocenters. The van der Waals surface area contributed by atoms with Crippen molar-refractivity contribution < 1.29 is 14.2 Å². The van der Waals surface area contributed by atoms with Crippen LogP contribution in [0.25, 0.3) is 11.4 Å². The van der Waals surface area contributed by atoms with Gasteiger partial charge in [0, 0.05) is 49.6 Å². The summed E-state index contributed by atoms with van der Waals surface area (Å²) in [6.45, 7) is 3.94. The Hall–Kier alpha value is -3.46. The number of rotatable bonds is 6. The van der Waals surface area contributed by atoms with Crippen LogP contribution >= 0.6 is 0 Å². The molecule has 0 N–H and O–H groups in total. The van der Waals surface area contributed by atoms with Gasteiger partial charge in [0.1, 0.15) is 5.75 Å². The molecule has 0 amide bonds. The van der Waals surface area contributed by atoms with Crippen molar-refractivity contribution in [1.82, 2.24) is 15.0 Å². The molecule has 0 radical (unpaired) electrons. The van der Waals surface area contributed by atoms with E-state index in [2.05, 4.69) is 19.9 Å². The lowest BCUT2D eigenvalue weighted by Gasteiger charge is -2.35. The van der Waals surface area contributed by atoms with Gasteiger partial charge in [-0.05, 0) is 36.4 Å². The first-order chi connectivity index (χ1) is 14.1. The predicted molar refractivity (Wildman–Crippen MR) is 107 cm³/mol. The molecule has 0 spiro atoms. The van der Waals surface area contributed by atoms with Gasteiger partial charge in [0.05, 0.1) is 18.6 Å². The van der Waals surface area contributed by atoms with Crippen LogP contribution in [-0.2, 0) is 6.54 Å². The van der Waals surface area contributed by atoms with Crippen LogP contribution in [0.5, 0.6) is 5.75 Å². The van der Waals surface area contributed by atoms with Crippen molar-refractivity contribution in [3.8, 4) is 17.1 Å². The van der Waals surface area contributed by atoms with Gasteiger partial charge in [0.25, 0.3) is 5.69 Å². The number of nitrogens with zero attached hydrogens (tertiary/aromatic N) is 5. The van der Waals surface area contributed by atoms with E-state index in [1.807, 2.05) is 24.3 Å². The number of anilines is 1. The van der Waals surface area contributed by atoms with Crippen molar-refractivity contribution >= 4 is 11.4 Å². The Morgan fingerprint density at radius 1 is 1.07 bits per heavy atom. The zero-order valence-electron chi connectivity index (χ0n) is 16.0. The molecule has 1 fully saturated rings. The predicted octanol–water partition coefficient (Wildman–Crippen LogP) is 2.98. The van der Waals surface area contributed by atoms with Gasteiger partial charge in [-0.1, -0.05) is 5.16 Å². The van der Waals surface area contributed by atoms with Gasteiger partial charge in [-0.25, -0.2) is 0 Å². The van der Waals surface area contributed by atoms with Crippen LogP contribution in [0.15, 0.2) is 53.1 Å². The van der Waals surface area contributed by atoms with E-state index in [0.717, 1.165) is 43.2 Å². The maximum atomic E-state index is 10.8. The fourth-order valence-electron chi connectivity index (χ4n) is 3.32. The lowest BCUT2D eigenvalue weighted by atomic mass is 10.2. The number of benzene rings is 2. The molecule has 0 saturated carbocycles. The third kappa shape index (κ3) is 4.35. The van der Waals surface area contributed by atoms with E-state index in [4.69, 9.17) is 9.26 Å². The number of methoxy groups -OCH3 is 1. The first kappa shape index (κ1) is 18.9. The Balaban J connectivity index is 1.32. The third-order valence-electron chi connectivity index (χ3n) is 4.97. The van der Waals surface area contributed by atoms with Crippen LogP contribution in [-0.4, -0.2) is 53.3 Å². The molecular formula is C20H21N5O4. The molecule has 1 saturated heterocycles. The lowest BCUT2D eigenvalue weighted by Crippen LogP contribution is -2.46. The maximum absolute atomic E-state index is 10.8. The van der Waals surface area contributed by atoms with Crippen LogP contribution in [0, 0.1) is 10.1 Å². The van der Waals surface area contributed by atoms with Gasteiger partial charge in [0.2, 0.25) is 11.7 Å². The molecule has 9 nitrogen and oxygen atoms in total. The molecule has 1 aliphatic rings. The average molecular weight is 395 g/mol. The summed E-state index contributed by atoms with van der Waals surface area (Å²) in [5.41, 5.74) is 1.98. The highest BCUT2D eigenvalue weighted by atomic mass is 16.6. The fourth-order valence-corrected chi connectivity index (χ4v) is 3.32. The van der Waals surface area contributed by atoms with Gasteiger partial charge in [-0.15, -0.1) is 0 Å². The van der Waals surface area contributed by atoms with Gasteiger partial charge in [-0.3, -0.25) is 15.0 Å². The first-order valence-electron chi connectivity index (χ1n) is 9.31. The van der Waals surface area contributed by atoms with Crippen LogP contribution in [0.2, 0.25) is 0 Å². The molecule has 1 aliphatic heterocycles. The fraction of sp³-hybridized carbons (Fsp3) is 0.300. The van der Waals surface area contributed by atoms with E-state index in [1.54, 1.807) is 31.4 Å². The number of piperazine rings is 1. The van der Waals surface area contributed by atoms with Gasteiger partial charge in [-0.2, -0.15) is 4.98 Å². The first-order valence-corrected chi connectivity index (χ1v) is 9.31. The van der Waals surface area contributed by atoms with Crippen molar-refractivity contribution in [2.75, 3.05) is 38.2 Å². The third-order valence-corrected chi connectivity index (χ3v) is 4.97. The normalized spacial score (nSPS) is 14.7. The van der Waals surface area contributed by atoms with Crippen molar-refractivity contribution in [1.29, 1.82) is 0 Å². The second-order valence-electron chi connectivity index (χ2n) is 6.78. The summed E-state index contributed by atoms with van der Waals surface area (Å²) in [7, 11) is 1.63. The molecule has 1 aromatic heterocycles. The largest absolute Gasteiger partial charge is 0.497 e. The SMILES string of the molecule is COc1ccc(-c2noc(CN3CCN(c4ccc([N+](=O)[O-])cc4)CC3)n2)cc1. The highest BCUT2D eigenvalue weighted by molar-refractivity contribution is 5.55. The smallest absolute Gasteiger partial charge is 0.269 e. The zero-order valence-corrected chi connectivity index (χ0v) is 16.0. The van der Waals surface area contributed by atoms with Crippen molar-refractivity contribution in [2.45, 2.75) is 6.54 Å². The molecule has 150 valence electrons. The Labute approximate surface area is 167 Å². The number of nitro benzene ring substituents is 1. The summed E-state index contributed by atoms with van der Waals surface area (Å²) in [5, 5.41) is 14.9. The Morgan fingerprint density at radius 2 is 1.76 bits per heavy atom. The summed E-state index contributed by atoms with van der Waals surface area (Å²) >= 11 is 0. The molecule has 0 bridgehead atoms. The zero-order chi connectivity index (χ0) is 20.2. The van der Waals surface area contributed by atoms with E-state index in [0.29, 0.717) is 18.3 Å². The lowest BCUT2D eigenvalue weighted by molar-refractivity contribution is -0.384.